The average Bonchev–Trinajstić information content (AvgIpc) is 2.62. The Labute approximate surface area is 163 Å². The summed E-state index contributed by atoms with van der Waals surface area (Å²) in [5.74, 6) is 0. The zero-order valence-corrected chi connectivity index (χ0v) is 20.9. The lowest BCUT2D eigenvalue weighted by atomic mass is 10.4. The summed E-state index contributed by atoms with van der Waals surface area (Å²) in [6.07, 6.45) is 0. The summed E-state index contributed by atoms with van der Waals surface area (Å²) in [5, 5.41) is 2.42. The van der Waals surface area contributed by atoms with E-state index < -0.39 is 35.4 Å². The Kier molecular flexibility index (Phi) is 7.73. The van der Waals surface area contributed by atoms with Crippen LogP contribution < -0.4 is 10.4 Å². The second-order valence-corrected chi connectivity index (χ2v) is 18.6. The summed E-state index contributed by atoms with van der Waals surface area (Å²) in [6, 6.07) is 20.8. The molecule has 26 heavy (non-hydrogen) atoms. The Hall–Kier alpha value is -0.852. The predicted octanol–water partition coefficient (Wildman–Crippen LogP) is 2.47. The van der Waals surface area contributed by atoms with Gasteiger partial charge >= 0.3 is 27.1 Å². The molecule has 0 aliphatic heterocycles. The van der Waals surface area contributed by atoms with Crippen molar-refractivity contribution in [3.8, 4) is 0 Å². The number of hydrogen-bond acceptors (Lipinski definition) is 4. The van der Waals surface area contributed by atoms with Gasteiger partial charge in [-0.2, -0.15) is 0 Å². The fraction of sp³-hybridized carbons (Fsp3) is 0.333. The molecular formula is C18H30O4Si4. The van der Waals surface area contributed by atoms with E-state index in [4.69, 9.17) is 16.8 Å². The van der Waals surface area contributed by atoms with Crippen LogP contribution in [0, 0.1) is 0 Å². The number of rotatable bonds is 9. The van der Waals surface area contributed by atoms with E-state index in [-0.39, 0.29) is 0 Å². The Balaban J connectivity index is 2.29. The fourth-order valence-corrected chi connectivity index (χ4v) is 16.6. The predicted molar refractivity (Wildman–Crippen MR) is 118 cm³/mol. The second-order valence-electron chi connectivity index (χ2n) is 6.92. The van der Waals surface area contributed by atoms with Gasteiger partial charge in [-0.25, -0.2) is 0 Å². The third kappa shape index (κ3) is 5.83. The maximum Gasteiger partial charge on any atom is 0.350 e. The van der Waals surface area contributed by atoms with Gasteiger partial charge in [0.25, 0.3) is 0 Å². The smallest absolute Gasteiger partial charge is 0.350 e. The van der Waals surface area contributed by atoms with Crippen LogP contribution in [-0.2, 0) is 16.8 Å². The highest BCUT2D eigenvalue weighted by Crippen LogP contribution is 2.18. The van der Waals surface area contributed by atoms with Crippen LogP contribution in [0.4, 0.5) is 0 Å². The van der Waals surface area contributed by atoms with E-state index in [1.807, 2.05) is 30.8 Å². The molecule has 4 nitrogen and oxygen atoms in total. The minimum absolute atomic E-state index is 1.14. The molecule has 0 saturated heterocycles. The Morgan fingerprint density at radius 2 is 1.23 bits per heavy atom. The van der Waals surface area contributed by atoms with Gasteiger partial charge in [0.1, 0.15) is 0 Å². The second kappa shape index (κ2) is 9.38. The van der Waals surface area contributed by atoms with Crippen molar-refractivity contribution in [1.82, 2.24) is 0 Å². The first-order valence-corrected chi connectivity index (χ1v) is 18.4. The van der Waals surface area contributed by atoms with Gasteiger partial charge in [-0.3, -0.25) is 0 Å². The normalized spacial score (nSPS) is 16.7. The maximum absolute atomic E-state index is 6.87. The van der Waals surface area contributed by atoms with Crippen LogP contribution in [0.1, 0.15) is 0 Å². The minimum atomic E-state index is -2.62. The summed E-state index contributed by atoms with van der Waals surface area (Å²) in [6.45, 7) is 10.7. The highest BCUT2D eigenvalue weighted by Gasteiger charge is 2.43. The summed E-state index contributed by atoms with van der Waals surface area (Å²) in [4.78, 5) is 0. The van der Waals surface area contributed by atoms with E-state index in [0.29, 0.717) is 0 Å². The van der Waals surface area contributed by atoms with Gasteiger partial charge in [0.05, 0.1) is 0 Å². The van der Waals surface area contributed by atoms with Crippen LogP contribution in [0.15, 0.2) is 60.7 Å². The lowest BCUT2D eigenvalue weighted by molar-refractivity contribution is 0.303. The van der Waals surface area contributed by atoms with Crippen LogP contribution in [0.25, 0.3) is 0 Å². The van der Waals surface area contributed by atoms with E-state index in [0.717, 1.165) is 5.19 Å². The van der Waals surface area contributed by atoms with Crippen molar-refractivity contribution in [2.45, 2.75) is 32.7 Å². The Morgan fingerprint density at radius 3 is 1.73 bits per heavy atom. The summed E-state index contributed by atoms with van der Waals surface area (Å²) in [5.41, 5.74) is 0. The molecule has 142 valence electrons. The molecule has 0 amide bonds. The monoisotopic (exact) mass is 422 g/mol. The SMILES string of the molecule is CO[SiH](C)O[SiH](C)O[Si](C)(O[Si](C)(C)c1ccccc1)c1ccccc1. The molecule has 0 spiro atoms. The number of benzene rings is 2. The first-order chi connectivity index (χ1) is 12.3. The lowest BCUT2D eigenvalue weighted by Crippen LogP contribution is -2.62. The molecule has 0 aliphatic carbocycles. The summed E-state index contributed by atoms with van der Waals surface area (Å²) >= 11 is 0. The van der Waals surface area contributed by atoms with Crippen LogP contribution in [0.2, 0.25) is 32.7 Å². The largest absolute Gasteiger partial charge is 0.429 e. The minimum Gasteiger partial charge on any atom is -0.429 e. The molecule has 2 rings (SSSR count). The van der Waals surface area contributed by atoms with Crippen LogP contribution in [0.5, 0.6) is 0 Å². The Morgan fingerprint density at radius 1 is 0.731 bits per heavy atom. The molecule has 3 atom stereocenters. The van der Waals surface area contributed by atoms with Crippen molar-refractivity contribution in [2.75, 3.05) is 7.11 Å². The molecule has 0 saturated carbocycles. The summed E-state index contributed by atoms with van der Waals surface area (Å²) in [7, 11) is -6.53. The van der Waals surface area contributed by atoms with Gasteiger partial charge in [0.2, 0.25) is 8.32 Å². The first kappa shape index (κ1) is 21.4. The zero-order valence-electron chi connectivity index (χ0n) is 16.6. The molecule has 3 unspecified atom stereocenters. The van der Waals surface area contributed by atoms with Crippen LogP contribution >= 0.6 is 0 Å². The van der Waals surface area contributed by atoms with Crippen LogP contribution in [0.3, 0.4) is 0 Å². The van der Waals surface area contributed by atoms with E-state index in [9.17, 15) is 0 Å². The maximum atomic E-state index is 6.87. The van der Waals surface area contributed by atoms with Crippen LogP contribution in [-0.4, -0.2) is 42.6 Å². The molecule has 0 heterocycles. The van der Waals surface area contributed by atoms with E-state index in [2.05, 4.69) is 62.6 Å². The molecule has 0 radical (unpaired) electrons. The molecule has 0 aliphatic rings. The van der Waals surface area contributed by atoms with E-state index in [1.165, 1.54) is 5.19 Å². The van der Waals surface area contributed by atoms with Gasteiger partial charge in [-0.15, -0.1) is 0 Å². The molecular weight excluding hydrogens is 393 g/mol. The lowest BCUT2D eigenvalue weighted by Gasteiger charge is -2.38. The quantitative estimate of drug-likeness (QED) is 0.582. The highest BCUT2D eigenvalue weighted by atomic mass is 28.5. The van der Waals surface area contributed by atoms with Crippen molar-refractivity contribution in [1.29, 1.82) is 0 Å². The average molecular weight is 423 g/mol. The Bertz CT molecular complexity index is 671. The third-order valence-corrected chi connectivity index (χ3v) is 17.9. The van der Waals surface area contributed by atoms with Crippen molar-refractivity contribution >= 4 is 45.8 Å². The van der Waals surface area contributed by atoms with E-state index >= 15 is 0 Å². The number of hydrogen-bond donors (Lipinski definition) is 0. The fourth-order valence-electron chi connectivity index (χ4n) is 2.95. The molecule has 0 N–H and O–H groups in total. The molecule has 8 heteroatoms. The van der Waals surface area contributed by atoms with Crippen molar-refractivity contribution < 1.29 is 16.8 Å². The van der Waals surface area contributed by atoms with Gasteiger partial charge in [0.15, 0.2) is 0 Å². The molecule has 0 aromatic heterocycles. The van der Waals surface area contributed by atoms with Crippen molar-refractivity contribution in [3.63, 3.8) is 0 Å². The molecule has 0 fully saturated rings. The van der Waals surface area contributed by atoms with Gasteiger partial charge in [0, 0.05) is 7.11 Å². The standard InChI is InChI=1S/C18H30O4Si4/c1-19-23(2)20-24(3)21-26(6,18-15-11-8-12-16-18)22-25(4,5)17-13-9-7-10-14-17/h7-16,23-24H,1-6H3. The van der Waals surface area contributed by atoms with Gasteiger partial charge in [-0.1, -0.05) is 60.7 Å². The third-order valence-electron chi connectivity index (χ3n) is 4.32. The summed E-state index contributed by atoms with van der Waals surface area (Å²) < 4.78 is 24.9. The van der Waals surface area contributed by atoms with Gasteiger partial charge in [-0.05, 0) is 43.1 Å². The van der Waals surface area contributed by atoms with Crippen molar-refractivity contribution in [3.05, 3.63) is 60.7 Å². The van der Waals surface area contributed by atoms with Crippen molar-refractivity contribution in [2.24, 2.45) is 0 Å². The first-order valence-electron chi connectivity index (χ1n) is 8.94. The highest BCUT2D eigenvalue weighted by molar-refractivity contribution is 6.96. The zero-order chi connectivity index (χ0) is 19.2. The molecule has 0 bridgehead atoms. The molecule has 2 aromatic rings. The van der Waals surface area contributed by atoms with Gasteiger partial charge < -0.3 is 16.8 Å². The molecule has 2 aromatic carbocycles. The topological polar surface area (TPSA) is 36.9 Å². The van der Waals surface area contributed by atoms with E-state index in [1.54, 1.807) is 7.11 Å².